The van der Waals surface area contributed by atoms with Gasteiger partial charge in [0.1, 0.15) is 5.82 Å². The first-order valence-electron chi connectivity index (χ1n) is 12.3. The zero-order chi connectivity index (χ0) is 23.2. The van der Waals surface area contributed by atoms with Gasteiger partial charge in [-0.1, -0.05) is 0 Å². The second-order valence-corrected chi connectivity index (χ2v) is 9.83. The molecule has 9 heteroatoms. The molecule has 1 aromatic heterocycles. The van der Waals surface area contributed by atoms with Crippen molar-refractivity contribution in [2.75, 3.05) is 30.0 Å². The van der Waals surface area contributed by atoms with Crippen LogP contribution in [0.1, 0.15) is 43.9 Å². The second-order valence-electron chi connectivity index (χ2n) is 9.83. The van der Waals surface area contributed by atoms with Crippen LogP contribution in [0.3, 0.4) is 0 Å². The molecule has 2 aliphatic heterocycles. The molecular formula is C25H30N6O3. The monoisotopic (exact) mass is 462 g/mol. The Labute approximate surface area is 198 Å². The molecule has 0 bridgehead atoms. The summed E-state index contributed by atoms with van der Waals surface area (Å²) in [5.41, 5.74) is 3.59. The van der Waals surface area contributed by atoms with Crippen LogP contribution < -0.4 is 15.5 Å². The summed E-state index contributed by atoms with van der Waals surface area (Å²) in [4.78, 5) is 38.9. The molecular weight excluding hydrogens is 432 g/mol. The first-order chi connectivity index (χ1) is 16.5. The summed E-state index contributed by atoms with van der Waals surface area (Å²) >= 11 is 0. The number of hydrogen-bond donors (Lipinski definition) is 2. The third kappa shape index (κ3) is 4.32. The number of urea groups is 1. The van der Waals surface area contributed by atoms with E-state index in [-0.39, 0.29) is 23.9 Å². The third-order valence-electron chi connectivity index (χ3n) is 6.95. The van der Waals surface area contributed by atoms with E-state index in [9.17, 15) is 9.59 Å². The number of hydrogen-bond acceptors (Lipinski definition) is 6. The smallest absolute Gasteiger partial charge is 0.319 e. The molecule has 2 N–H and O–H groups in total. The van der Waals surface area contributed by atoms with Crippen LogP contribution in [-0.4, -0.2) is 58.6 Å². The van der Waals surface area contributed by atoms with E-state index in [4.69, 9.17) is 14.7 Å². The highest BCUT2D eigenvalue weighted by molar-refractivity contribution is 5.90. The van der Waals surface area contributed by atoms with Gasteiger partial charge >= 0.3 is 6.03 Å². The number of rotatable bonds is 5. The average Bonchev–Trinajstić information content (AvgIpc) is 3.77. The van der Waals surface area contributed by atoms with Crippen LogP contribution in [0.15, 0.2) is 24.3 Å². The summed E-state index contributed by atoms with van der Waals surface area (Å²) in [6.07, 6.45) is 4.09. The van der Waals surface area contributed by atoms with Crippen molar-refractivity contribution in [2.24, 2.45) is 5.92 Å². The third-order valence-corrected chi connectivity index (χ3v) is 6.95. The first-order valence-corrected chi connectivity index (χ1v) is 12.3. The summed E-state index contributed by atoms with van der Waals surface area (Å²) in [6, 6.07) is 7.95. The summed E-state index contributed by atoms with van der Waals surface area (Å²) in [7, 11) is 0. The Kier molecular flexibility index (Phi) is 5.36. The predicted molar refractivity (Wildman–Crippen MR) is 127 cm³/mol. The Morgan fingerprint density at radius 1 is 1.06 bits per heavy atom. The molecule has 3 heterocycles. The number of amides is 3. The highest BCUT2D eigenvalue weighted by Crippen LogP contribution is 2.37. The maximum atomic E-state index is 12.8. The van der Waals surface area contributed by atoms with Crippen LogP contribution in [0, 0.1) is 5.92 Å². The van der Waals surface area contributed by atoms with Gasteiger partial charge < -0.3 is 25.2 Å². The van der Waals surface area contributed by atoms with Gasteiger partial charge in [0, 0.05) is 35.3 Å². The van der Waals surface area contributed by atoms with Crippen LogP contribution in [0.5, 0.6) is 0 Å². The SMILES string of the molecule is CC1COCCN1c1nc(-c2ccc(NC(=O)NC3CC3)cc2)nc2c1CN(C(=O)C1CC1)C2. The highest BCUT2D eigenvalue weighted by Gasteiger charge is 2.38. The van der Waals surface area contributed by atoms with Crippen molar-refractivity contribution in [2.45, 2.75) is 57.8 Å². The zero-order valence-corrected chi connectivity index (χ0v) is 19.4. The molecule has 2 aliphatic carbocycles. The lowest BCUT2D eigenvalue weighted by Crippen LogP contribution is -2.44. The minimum Gasteiger partial charge on any atom is -0.377 e. The molecule has 9 nitrogen and oxygen atoms in total. The van der Waals surface area contributed by atoms with E-state index in [0.29, 0.717) is 38.2 Å². The molecule has 34 heavy (non-hydrogen) atoms. The lowest BCUT2D eigenvalue weighted by molar-refractivity contribution is -0.133. The van der Waals surface area contributed by atoms with E-state index in [2.05, 4.69) is 22.5 Å². The van der Waals surface area contributed by atoms with Crippen LogP contribution >= 0.6 is 0 Å². The number of nitrogens with one attached hydrogen (secondary N) is 2. The molecule has 4 aliphatic rings. The number of fused-ring (bicyclic) bond motifs is 1. The number of ether oxygens (including phenoxy) is 1. The summed E-state index contributed by atoms with van der Waals surface area (Å²) in [5.74, 6) is 1.97. The minimum absolute atomic E-state index is 0.173. The maximum Gasteiger partial charge on any atom is 0.319 e. The second kappa shape index (κ2) is 8.54. The lowest BCUT2D eigenvalue weighted by atomic mass is 10.1. The predicted octanol–water partition coefficient (Wildman–Crippen LogP) is 2.90. The Balaban J connectivity index is 1.28. The largest absolute Gasteiger partial charge is 0.377 e. The molecule has 1 aromatic carbocycles. The number of benzene rings is 1. The van der Waals surface area contributed by atoms with Gasteiger partial charge in [-0.15, -0.1) is 0 Å². The van der Waals surface area contributed by atoms with Crippen molar-refractivity contribution in [1.82, 2.24) is 20.2 Å². The highest BCUT2D eigenvalue weighted by atomic mass is 16.5. The molecule has 1 unspecified atom stereocenters. The van der Waals surface area contributed by atoms with Crippen molar-refractivity contribution in [3.05, 3.63) is 35.5 Å². The molecule has 178 valence electrons. The molecule has 0 spiro atoms. The summed E-state index contributed by atoms with van der Waals surface area (Å²) in [6.45, 7) is 5.33. The van der Waals surface area contributed by atoms with Crippen LogP contribution in [-0.2, 0) is 22.6 Å². The summed E-state index contributed by atoms with van der Waals surface area (Å²) < 4.78 is 5.65. The van der Waals surface area contributed by atoms with Gasteiger partial charge in [0.2, 0.25) is 5.91 Å². The maximum absolute atomic E-state index is 12.8. The molecule has 1 atom stereocenters. The van der Waals surface area contributed by atoms with Crippen molar-refractivity contribution >= 4 is 23.4 Å². The van der Waals surface area contributed by atoms with E-state index >= 15 is 0 Å². The molecule has 2 aromatic rings. The Hall–Kier alpha value is -3.20. The van der Waals surface area contributed by atoms with Crippen LogP contribution in [0.4, 0.5) is 16.3 Å². The van der Waals surface area contributed by atoms with Gasteiger partial charge in [0.05, 0.1) is 38.0 Å². The summed E-state index contributed by atoms with van der Waals surface area (Å²) in [5, 5.41) is 5.81. The van der Waals surface area contributed by atoms with Crippen molar-refractivity contribution in [1.29, 1.82) is 0 Å². The minimum atomic E-state index is -0.173. The number of anilines is 2. The number of morpholine rings is 1. The lowest BCUT2D eigenvalue weighted by Gasteiger charge is -2.35. The van der Waals surface area contributed by atoms with Gasteiger partial charge in [-0.05, 0) is 56.9 Å². The molecule has 0 radical (unpaired) electrons. The number of aromatic nitrogens is 2. The van der Waals surface area contributed by atoms with Gasteiger partial charge in [-0.25, -0.2) is 14.8 Å². The van der Waals surface area contributed by atoms with E-state index < -0.39 is 0 Å². The topological polar surface area (TPSA) is 99.7 Å². The fourth-order valence-corrected chi connectivity index (χ4v) is 4.67. The van der Waals surface area contributed by atoms with E-state index in [1.165, 1.54) is 0 Å². The standard InChI is InChI=1S/C25H30N6O3/c1-15-14-34-11-10-31(15)23-20-12-30(24(32)17-2-3-17)13-21(20)28-22(29-23)16-4-6-18(7-5-16)26-25(33)27-19-8-9-19/h4-7,15,17,19H,2-3,8-14H2,1H3,(H2,26,27,33). The van der Waals surface area contributed by atoms with Crippen LogP contribution in [0.25, 0.3) is 11.4 Å². The fraction of sp³-hybridized carbons (Fsp3) is 0.520. The first kappa shape index (κ1) is 21.3. The Bertz CT molecular complexity index is 1110. The molecule has 3 amide bonds. The molecule has 6 rings (SSSR count). The molecule has 3 fully saturated rings. The van der Waals surface area contributed by atoms with Gasteiger partial charge in [-0.3, -0.25) is 4.79 Å². The fourth-order valence-electron chi connectivity index (χ4n) is 4.67. The zero-order valence-electron chi connectivity index (χ0n) is 19.4. The van der Waals surface area contributed by atoms with E-state index in [0.717, 1.165) is 60.6 Å². The quantitative estimate of drug-likeness (QED) is 0.709. The Morgan fingerprint density at radius 2 is 1.85 bits per heavy atom. The number of carbonyl (C=O) groups excluding carboxylic acids is 2. The van der Waals surface area contributed by atoms with Crippen molar-refractivity contribution < 1.29 is 14.3 Å². The van der Waals surface area contributed by atoms with Gasteiger partial charge in [0.15, 0.2) is 5.82 Å². The molecule has 2 saturated carbocycles. The van der Waals surface area contributed by atoms with Crippen molar-refractivity contribution in [3.8, 4) is 11.4 Å². The van der Waals surface area contributed by atoms with Gasteiger partial charge in [0.25, 0.3) is 0 Å². The normalized spacial score (nSPS) is 21.9. The molecule has 1 saturated heterocycles. The number of nitrogens with zero attached hydrogens (tertiary/aromatic N) is 4. The van der Waals surface area contributed by atoms with Crippen LogP contribution in [0.2, 0.25) is 0 Å². The Morgan fingerprint density at radius 3 is 2.56 bits per heavy atom. The van der Waals surface area contributed by atoms with Crippen molar-refractivity contribution in [3.63, 3.8) is 0 Å². The number of carbonyl (C=O) groups is 2. The average molecular weight is 463 g/mol. The van der Waals surface area contributed by atoms with E-state index in [1.54, 1.807) is 0 Å². The van der Waals surface area contributed by atoms with Gasteiger partial charge in [-0.2, -0.15) is 0 Å². The van der Waals surface area contributed by atoms with E-state index in [1.807, 2.05) is 29.2 Å².